The number of urea groups is 1. The minimum atomic E-state index is -0.230. The van der Waals surface area contributed by atoms with E-state index >= 15 is 0 Å². The number of amides is 2. The normalized spacial score (nSPS) is 11.5. The Hall–Kier alpha value is -2.73. The van der Waals surface area contributed by atoms with Crippen molar-refractivity contribution in [2.75, 3.05) is 44.1 Å². The van der Waals surface area contributed by atoms with Crippen LogP contribution >= 0.6 is 0 Å². The van der Waals surface area contributed by atoms with Crippen LogP contribution < -0.4 is 20.3 Å². The van der Waals surface area contributed by atoms with Gasteiger partial charge in [0.05, 0.1) is 6.61 Å². The quantitative estimate of drug-likeness (QED) is 0.676. The summed E-state index contributed by atoms with van der Waals surface area (Å²) in [7, 11) is 3.65. The molecule has 0 aliphatic heterocycles. The zero-order valence-corrected chi connectivity index (χ0v) is 15.6. The summed E-state index contributed by atoms with van der Waals surface area (Å²) in [6, 6.07) is 17.3. The van der Waals surface area contributed by atoms with E-state index in [0.29, 0.717) is 25.4 Å². The van der Waals surface area contributed by atoms with Gasteiger partial charge in [-0.15, -0.1) is 0 Å². The number of benzene rings is 2. The molecule has 0 aromatic heterocycles. The summed E-state index contributed by atoms with van der Waals surface area (Å²) in [4.78, 5) is 14.2. The summed E-state index contributed by atoms with van der Waals surface area (Å²) in [5, 5.41) is 5.72. The Morgan fingerprint density at radius 3 is 2.42 bits per heavy atom. The van der Waals surface area contributed by atoms with Crippen molar-refractivity contribution in [2.24, 2.45) is 0 Å². The number of anilines is 2. The molecule has 2 amide bonds. The third-order valence-electron chi connectivity index (χ3n) is 4.05. The fourth-order valence-electron chi connectivity index (χ4n) is 2.35. The lowest BCUT2D eigenvalue weighted by Gasteiger charge is -2.27. The second-order valence-corrected chi connectivity index (χ2v) is 6.00. The summed E-state index contributed by atoms with van der Waals surface area (Å²) in [5.41, 5.74) is 1.83. The second-order valence-electron chi connectivity index (χ2n) is 6.00. The molecule has 0 radical (unpaired) electrons. The third kappa shape index (κ3) is 6.29. The van der Waals surface area contributed by atoms with Crippen molar-refractivity contribution < 1.29 is 14.3 Å². The third-order valence-corrected chi connectivity index (χ3v) is 4.05. The number of rotatable bonds is 9. The van der Waals surface area contributed by atoms with Gasteiger partial charge in [-0.2, -0.15) is 0 Å². The van der Waals surface area contributed by atoms with Gasteiger partial charge in [0.2, 0.25) is 0 Å². The summed E-state index contributed by atoms with van der Waals surface area (Å²) in [5.74, 6) is 0.742. The molecule has 0 fully saturated rings. The first-order valence-corrected chi connectivity index (χ1v) is 8.64. The Balaban J connectivity index is 1.76. The first-order valence-electron chi connectivity index (χ1n) is 8.64. The van der Waals surface area contributed by atoms with Crippen molar-refractivity contribution in [3.8, 4) is 5.75 Å². The molecule has 6 nitrogen and oxygen atoms in total. The number of hydrogen-bond acceptors (Lipinski definition) is 4. The van der Waals surface area contributed by atoms with Gasteiger partial charge in [-0.05, 0) is 43.3 Å². The fourth-order valence-corrected chi connectivity index (χ4v) is 2.35. The van der Waals surface area contributed by atoms with Gasteiger partial charge in [0.1, 0.15) is 12.4 Å². The molecule has 1 unspecified atom stereocenters. The largest absolute Gasteiger partial charge is 0.491 e. The summed E-state index contributed by atoms with van der Waals surface area (Å²) in [6.45, 7) is 3.64. The molecule has 1 atom stereocenters. The van der Waals surface area contributed by atoms with Crippen LogP contribution in [-0.2, 0) is 4.74 Å². The molecule has 26 heavy (non-hydrogen) atoms. The van der Waals surface area contributed by atoms with Crippen LogP contribution in [0.15, 0.2) is 54.6 Å². The van der Waals surface area contributed by atoms with Crippen molar-refractivity contribution in [1.82, 2.24) is 5.32 Å². The highest BCUT2D eigenvalue weighted by Crippen LogP contribution is 2.16. The van der Waals surface area contributed by atoms with Crippen LogP contribution in [0.3, 0.4) is 0 Å². The monoisotopic (exact) mass is 357 g/mol. The van der Waals surface area contributed by atoms with Crippen molar-refractivity contribution in [3.05, 3.63) is 54.6 Å². The van der Waals surface area contributed by atoms with Crippen LogP contribution in [0.1, 0.15) is 6.92 Å². The zero-order valence-electron chi connectivity index (χ0n) is 15.6. The Kier molecular flexibility index (Phi) is 7.76. The van der Waals surface area contributed by atoms with Crippen LogP contribution in [0.5, 0.6) is 5.75 Å². The maximum atomic E-state index is 12.1. The van der Waals surface area contributed by atoms with Gasteiger partial charge in [-0.3, -0.25) is 0 Å². The van der Waals surface area contributed by atoms with Gasteiger partial charge < -0.3 is 25.0 Å². The van der Waals surface area contributed by atoms with E-state index in [0.717, 1.165) is 11.4 Å². The fraction of sp³-hybridized carbons (Fsp3) is 0.350. The lowest BCUT2D eigenvalue weighted by Crippen LogP contribution is -2.41. The molecule has 0 aliphatic rings. The minimum Gasteiger partial charge on any atom is -0.491 e. The van der Waals surface area contributed by atoms with Crippen molar-refractivity contribution >= 4 is 17.4 Å². The molecule has 0 aliphatic carbocycles. The topological polar surface area (TPSA) is 62.8 Å². The van der Waals surface area contributed by atoms with E-state index in [4.69, 9.17) is 9.47 Å². The Labute approximate surface area is 155 Å². The van der Waals surface area contributed by atoms with Gasteiger partial charge in [0.15, 0.2) is 0 Å². The maximum Gasteiger partial charge on any atom is 0.319 e. The number of nitrogens with one attached hydrogen (secondary N) is 2. The number of nitrogens with zero attached hydrogens (tertiary/aromatic N) is 1. The van der Waals surface area contributed by atoms with Crippen LogP contribution in [0.4, 0.5) is 16.2 Å². The number of ether oxygens (including phenoxy) is 2. The molecule has 2 aromatic carbocycles. The number of carbonyl (C=O) groups excluding carboxylic acids is 1. The lowest BCUT2D eigenvalue weighted by atomic mass is 10.2. The van der Waals surface area contributed by atoms with Crippen molar-refractivity contribution in [1.29, 1.82) is 0 Å². The predicted octanol–water partition coefficient (Wildman–Crippen LogP) is 3.36. The molecule has 0 heterocycles. The Bertz CT molecular complexity index is 662. The maximum absolute atomic E-state index is 12.1. The van der Waals surface area contributed by atoms with Crippen LogP contribution in [0.25, 0.3) is 0 Å². The van der Waals surface area contributed by atoms with Crippen LogP contribution in [0, 0.1) is 0 Å². The van der Waals surface area contributed by atoms with E-state index in [1.807, 2.05) is 49.5 Å². The molecule has 0 saturated heterocycles. The molecule has 2 rings (SSSR count). The molecule has 2 aromatic rings. The van der Waals surface area contributed by atoms with E-state index in [1.165, 1.54) is 0 Å². The first-order chi connectivity index (χ1) is 12.6. The molecular formula is C20H27N3O3. The first kappa shape index (κ1) is 19.6. The number of para-hydroxylation sites is 1. The van der Waals surface area contributed by atoms with Gasteiger partial charge in [-0.25, -0.2) is 4.79 Å². The SMILES string of the molecule is COCCOc1ccc(NC(=O)NCC(C)N(C)c2ccccc2)cc1. The second kappa shape index (κ2) is 10.3. The number of likely N-dealkylation sites (N-methyl/N-ethyl adjacent to an activating group) is 1. The highest BCUT2D eigenvalue weighted by Gasteiger charge is 2.11. The highest BCUT2D eigenvalue weighted by molar-refractivity contribution is 5.89. The summed E-state index contributed by atoms with van der Waals surface area (Å²) in [6.07, 6.45) is 0. The van der Waals surface area contributed by atoms with Crippen molar-refractivity contribution in [2.45, 2.75) is 13.0 Å². The number of carbonyl (C=O) groups is 1. The van der Waals surface area contributed by atoms with E-state index in [9.17, 15) is 4.79 Å². The average molecular weight is 357 g/mol. The predicted molar refractivity (Wildman–Crippen MR) is 105 cm³/mol. The lowest BCUT2D eigenvalue weighted by molar-refractivity contribution is 0.146. The smallest absolute Gasteiger partial charge is 0.319 e. The Morgan fingerprint density at radius 2 is 1.77 bits per heavy atom. The molecule has 6 heteroatoms. The van der Waals surface area contributed by atoms with E-state index in [-0.39, 0.29) is 12.1 Å². The van der Waals surface area contributed by atoms with Gasteiger partial charge >= 0.3 is 6.03 Å². The van der Waals surface area contributed by atoms with Gasteiger partial charge in [-0.1, -0.05) is 18.2 Å². The number of methoxy groups -OCH3 is 1. The summed E-state index contributed by atoms with van der Waals surface area (Å²) >= 11 is 0. The van der Waals surface area contributed by atoms with E-state index in [1.54, 1.807) is 19.2 Å². The van der Waals surface area contributed by atoms with Gasteiger partial charge in [0.25, 0.3) is 0 Å². The molecule has 0 saturated carbocycles. The minimum absolute atomic E-state index is 0.166. The summed E-state index contributed by atoms with van der Waals surface area (Å²) < 4.78 is 10.4. The van der Waals surface area contributed by atoms with Gasteiger partial charge in [0, 0.05) is 38.1 Å². The molecule has 0 spiro atoms. The molecular weight excluding hydrogens is 330 g/mol. The molecule has 2 N–H and O–H groups in total. The standard InChI is InChI=1S/C20H27N3O3/c1-16(23(2)18-7-5-4-6-8-18)15-21-20(24)22-17-9-11-19(12-10-17)26-14-13-25-3/h4-12,16H,13-15H2,1-3H3,(H2,21,22,24). The van der Waals surface area contributed by atoms with Crippen LogP contribution in [-0.4, -0.2) is 46.0 Å². The van der Waals surface area contributed by atoms with Crippen molar-refractivity contribution in [3.63, 3.8) is 0 Å². The van der Waals surface area contributed by atoms with E-state index in [2.05, 4.69) is 22.5 Å². The highest BCUT2D eigenvalue weighted by atomic mass is 16.5. The Morgan fingerprint density at radius 1 is 1.08 bits per heavy atom. The molecule has 0 bridgehead atoms. The molecule has 140 valence electrons. The van der Waals surface area contributed by atoms with E-state index < -0.39 is 0 Å². The van der Waals surface area contributed by atoms with Crippen LogP contribution in [0.2, 0.25) is 0 Å². The number of hydrogen-bond donors (Lipinski definition) is 2. The average Bonchev–Trinajstić information content (AvgIpc) is 2.68. The zero-order chi connectivity index (χ0) is 18.8.